The number of imidazole rings is 1. The summed E-state index contributed by atoms with van der Waals surface area (Å²) in [5.74, 6) is 0.0164. The van der Waals surface area contributed by atoms with Gasteiger partial charge in [0.1, 0.15) is 12.1 Å². The SMILES string of the molecule is CCCc1nn(C)c2c1[nH]c(=S)n2CC(=O)NC1CC1. The van der Waals surface area contributed by atoms with Crippen molar-refractivity contribution in [3.05, 3.63) is 10.5 Å². The second-order valence-electron chi connectivity index (χ2n) is 5.38. The molecular formula is C13H19N5OS. The summed E-state index contributed by atoms with van der Waals surface area (Å²) in [5.41, 5.74) is 2.86. The second kappa shape index (κ2) is 5.05. The van der Waals surface area contributed by atoms with E-state index in [4.69, 9.17) is 12.2 Å². The van der Waals surface area contributed by atoms with E-state index in [9.17, 15) is 4.79 Å². The lowest BCUT2D eigenvalue weighted by Crippen LogP contribution is -2.29. The van der Waals surface area contributed by atoms with Crippen molar-refractivity contribution < 1.29 is 4.79 Å². The number of carbonyl (C=O) groups is 1. The minimum absolute atomic E-state index is 0.0164. The Morgan fingerprint density at radius 1 is 1.55 bits per heavy atom. The average molecular weight is 293 g/mol. The summed E-state index contributed by atoms with van der Waals surface area (Å²) in [6, 6.07) is 0.369. The first-order chi connectivity index (χ1) is 9.60. The highest BCUT2D eigenvalue weighted by atomic mass is 32.1. The minimum Gasteiger partial charge on any atom is -0.352 e. The molecule has 2 aromatic rings. The maximum Gasteiger partial charge on any atom is 0.240 e. The number of nitrogens with one attached hydrogen (secondary N) is 2. The molecular weight excluding hydrogens is 274 g/mol. The van der Waals surface area contributed by atoms with Crippen LogP contribution in [0.4, 0.5) is 0 Å². The molecule has 0 saturated heterocycles. The number of carbonyl (C=O) groups excluding carboxylic acids is 1. The van der Waals surface area contributed by atoms with Crippen molar-refractivity contribution in [1.29, 1.82) is 0 Å². The molecule has 6 nitrogen and oxygen atoms in total. The number of fused-ring (bicyclic) bond motifs is 1. The molecule has 0 spiro atoms. The van der Waals surface area contributed by atoms with E-state index in [-0.39, 0.29) is 12.5 Å². The molecule has 0 unspecified atom stereocenters. The predicted octanol–water partition coefficient (Wildman–Crippen LogP) is 1.66. The summed E-state index contributed by atoms with van der Waals surface area (Å²) >= 11 is 5.34. The Balaban J connectivity index is 1.95. The average Bonchev–Trinajstić information content (AvgIpc) is 3.06. The van der Waals surface area contributed by atoms with Crippen molar-refractivity contribution in [3.63, 3.8) is 0 Å². The van der Waals surface area contributed by atoms with Crippen molar-refractivity contribution in [2.75, 3.05) is 0 Å². The van der Waals surface area contributed by atoms with E-state index in [1.807, 2.05) is 11.6 Å². The molecule has 1 aliphatic rings. The molecule has 0 radical (unpaired) electrons. The number of aryl methyl sites for hydroxylation is 2. The summed E-state index contributed by atoms with van der Waals surface area (Å²) in [4.78, 5) is 15.2. The van der Waals surface area contributed by atoms with Gasteiger partial charge in [-0.2, -0.15) is 5.10 Å². The lowest BCUT2D eigenvalue weighted by atomic mass is 10.2. The zero-order valence-electron chi connectivity index (χ0n) is 11.8. The zero-order valence-corrected chi connectivity index (χ0v) is 12.6. The maximum atomic E-state index is 12.0. The number of rotatable bonds is 5. The number of aromatic nitrogens is 4. The molecule has 1 amide bonds. The number of amides is 1. The lowest BCUT2D eigenvalue weighted by molar-refractivity contribution is -0.121. The molecule has 2 N–H and O–H groups in total. The van der Waals surface area contributed by atoms with E-state index in [1.165, 1.54) is 0 Å². The molecule has 2 heterocycles. The molecule has 1 fully saturated rings. The maximum absolute atomic E-state index is 12.0. The topological polar surface area (TPSA) is 67.6 Å². The molecule has 0 aromatic carbocycles. The molecule has 2 aromatic heterocycles. The Morgan fingerprint density at radius 2 is 2.30 bits per heavy atom. The van der Waals surface area contributed by atoms with E-state index < -0.39 is 0 Å². The molecule has 108 valence electrons. The van der Waals surface area contributed by atoms with Gasteiger partial charge in [0.05, 0.1) is 5.69 Å². The molecule has 3 rings (SSSR count). The van der Waals surface area contributed by atoms with Crippen LogP contribution in [-0.4, -0.2) is 31.3 Å². The standard InChI is InChI=1S/C13H19N5OS/c1-3-4-9-11-12(17(2)16-9)18(13(20)15-11)7-10(19)14-8-5-6-8/h8H,3-7H2,1-2H3,(H,14,19)(H,15,20). The summed E-state index contributed by atoms with van der Waals surface area (Å²) in [6.45, 7) is 2.37. The highest BCUT2D eigenvalue weighted by Gasteiger charge is 2.24. The molecule has 7 heteroatoms. The number of nitrogens with zero attached hydrogens (tertiary/aromatic N) is 3. The van der Waals surface area contributed by atoms with Crippen molar-refractivity contribution in [3.8, 4) is 0 Å². The van der Waals surface area contributed by atoms with Gasteiger partial charge in [-0.1, -0.05) is 13.3 Å². The summed E-state index contributed by atoms with van der Waals surface area (Å²) in [5, 5.41) is 7.49. The molecule has 0 atom stereocenters. The van der Waals surface area contributed by atoms with Crippen LogP contribution in [-0.2, 0) is 24.8 Å². The Morgan fingerprint density at radius 3 is 2.95 bits per heavy atom. The van der Waals surface area contributed by atoms with Gasteiger partial charge in [0, 0.05) is 13.1 Å². The van der Waals surface area contributed by atoms with Crippen LogP contribution in [0.3, 0.4) is 0 Å². The van der Waals surface area contributed by atoms with E-state index in [0.29, 0.717) is 10.8 Å². The van der Waals surface area contributed by atoms with Crippen LogP contribution in [0.1, 0.15) is 31.9 Å². The molecule has 1 aliphatic carbocycles. The smallest absolute Gasteiger partial charge is 0.240 e. The Kier molecular flexibility index (Phi) is 3.37. The molecule has 20 heavy (non-hydrogen) atoms. The predicted molar refractivity (Wildman–Crippen MR) is 79.0 cm³/mol. The van der Waals surface area contributed by atoms with Crippen molar-refractivity contribution in [2.45, 2.75) is 45.2 Å². The fourth-order valence-electron chi connectivity index (χ4n) is 2.48. The fourth-order valence-corrected chi connectivity index (χ4v) is 2.73. The summed E-state index contributed by atoms with van der Waals surface area (Å²) in [7, 11) is 1.89. The van der Waals surface area contributed by atoms with Gasteiger partial charge in [-0.25, -0.2) is 0 Å². The summed E-state index contributed by atoms with van der Waals surface area (Å²) in [6.07, 6.45) is 4.11. The monoisotopic (exact) mass is 293 g/mol. The number of H-pyrrole nitrogens is 1. The zero-order chi connectivity index (χ0) is 14.3. The van der Waals surface area contributed by atoms with E-state index in [0.717, 1.165) is 42.5 Å². The quantitative estimate of drug-likeness (QED) is 0.824. The van der Waals surface area contributed by atoms with Crippen LogP contribution in [0.15, 0.2) is 0 Å². The third-order valence-electron chi connectivity index (χ3n) is 3.55. The lowest BCUT2D eigenvalue weighted by Gasteiger charge is -2.05. The van der Waals surface area contributed by atoms with Crippen LogP contribution in [0.5, 0.6) is 0 Å². The van der Waals surface area contributed by atoms with Gasteiger partial charge in [-0.15, -0.1) is 0 Å². The Bertz CT molecular complexity index is 706. The number of hydrogen-bond acceptors (Lipinski definition) is 3. The Labute approximate surface area is 122 Å². The van der Waals surface area contributed by atoms with Gasteiger partial charge >= 0.3 is 0 Å². The minimum atomic E-state index is 0.0164. The normalized spacial score (nSPS) is 14.9. The van der Waals surface area contributed by atoms with Crippen molar-refractivity contribution in [1.82, 2.24) is 24.6 Å². The van der Waals surface area contributed by atoms with Crippen LogP contribution in [0.25, 0.3) is 11.2 Å². The third-order valence-corrected chi connectivity index (χ3v) is 3.88. The molecule has 1 saturated carbocycles. The van der Waals surface area contributed by atoms with Gasteiger partial charge in [-0.05, 0) is 31.5 Å². The highest BCUT2D eigenvalue weighted by molar-refractivity contribution is 7.71. The van der Waals surface area contributed by atoms with Crippen molar-refractivity contribution in [2.24, 2.45) is 7.05 Å². The van der Waals surface area contributed by atoms with Gasteiger partial charge in [-0.3, -0.25) is 14.0 Å². The fraction of sp³-hybridized carbons (Fsp3) is 0.615. The highest BCUT2D eigenvalue weighted by Crippen LogP contribution is 2.20. The first-order valence-electron chi connectivity index (χ1n) is 7.04. The Hall–Kier alpha value is -1.63. The first kappa shape index (κ1) is 13.4. The van der Waals surface area contributed by atoms with E-state index >= 15 is 0 Å². The van der Waals surface area contributed by atoms with E-state index in [1.54, 1.807) is 4.68 Å². The van der Waals surface area contributed by atoms with Gasteiger partial charge in [0.15, 0.2) is 10.4 Å². The molecule has 0 bridgehead atoms. The first-order valence-corrected chi connectivity index (χ1v) is 7.44. The van der Waals surface area contributed by atoms with Crippen molar-refractivity contribution >= 4 is 29.3 Å². The van der Waals surface area contributed by atoms with E-state index in [2.05, 4.69) is 22.3 Å². The van der Waals surface area contributed by atoms with Gasteiger partial charge in [0.25, 0.3) is 0 Å². The number of hydrogen-bond donors (Lipinski definition) is 2. The number of aromatic amines is 1. The van der Waals surface area contributed by atoms with Crippen LogP contribution in [0.2, 0.25) is 0 Å². The van der Waals surface area contributed by atoms with Crippen LogP contribution >= 0.6 is 12.2 Å². The summed E-state index contributed by atoms with van der Waals surface area (Å²) < 4.78 is 4.21. The second-order valence-corrected chi connectivity index (χ2v) is 5.76. The van der Waals surface area contributed by atoms with Gasteiger partial charge < -0.3 is 10.3 Å². The van der Waals surface area contributed by atoms with Crippen LogP contribution in [0, 0.1) is 4.77 Å². The molecule has 0 aliphatic heterocycles. The third kappa shape index (κ3) is 2.37. The van der Waals surface area contributed by atoms with Crippen LogP contribution < -0.4 is 5.32 Å². The van der Waals surface area contributed by atoms with Gasteiger partial charge in [0.2, 0.25) is 5.91 Å². The largest absolute Gasteiger partial charge is 0.352 e.